The lowest BCUT2D eigenvalue weighted by molar-refractivity contribution is 0.303. The normalized spacial score (nSPS) is 20.9. The Labute approximate surface area is 151 Å². The largest absolute Gasteiger partial charge is 0.244 e. The van der Waals surface area contributed by atoms with Gasteiger partial charge in [-0.25, -0.2) is 4.98 Å². The molecule has 1 aliphatic rings. The van der Waals surface area contributed by atoms with Gasteiger partial charge in [0.05, 0.1) is 0 Å². The third-order valence-electron chi connectivity index (χ3n) is 5.51. The average Bonchev–Trinajstić information content (AvgIpc) is 2.63. The minimum atomic E-state index is 0.547. The Balaban J connectivity index is 1.56. The number of pyridine rings is 1. The van der Waals surface area contributed by atoms with Gasteiger partial charge in [-0.2, -0.15) is 0 Å². The molecule has 1 aromatic carbocycles. The van der Waals surface area contributed by atoms with E-state index in [1.54, 1.807) is 0 Å². The quantitative estimate of drug-likeness (QED) is 0.398. The molecule has 0 bridgehead atoms. The van der Waals surface area contributed by atoms with Gasteiger partial charge >= 0.3 is 0 Å². The lowest BCUT2D eigenvalue weighted by Crippen LogP contribution is -2.13. The number of benzene rings is 1. The molecular formula is C22H28ClN. The fourth-order valence-electron chi connectivity index (χ4n) is 3.96. The standard InChI is InChI=1S/C22H28ClN/c1-2-3-4-5-17-6-8-18(9-7-17)19-10-12-20(13-11-19)21-14-15-22(23)24-16-21/h10-18H,2-9H2,1H3/t17-,18-. The summed E-state index contributed by atoms with van der Waals surface area (Å²) in [5.41, 5.74) is 3.86. The van der Waals surface area contributed by atoms with Crippen LogP contribution in [-0.4, -0.2) is 4.98 Å². The highest BCUT2D eigenvalue weighted by Gasteiger charge is 2.21. The van der Waals surface area contributed by atoms with E-state index in [4.69, 9.17) is 11.6 Å². The minimum Gasteiger partial charge on any atom is -0.244 e. The summed E-state index contributed by atoms with van der Waals surface area (Å²) in [4.78, 5) is 4.17. The first-order valence-corrected chi connectivity index (χ1v) is 9.86. The van der Waals surface area contributed by atoms with Crippen LogP contribution in [0.15, 0.2) is 42.6 Å². The Kier molecular flexibility index (Phi) is 6.31. The topological polar surface area (TPSA) is 12.9 Å². The van der Waals surface area contributed by atoms with Crippen LogP contribution in [0.4, 0.5) is 0 Å². The summed E-state index contributed by atoms with van der Waals surface area (Å²) >= 11 is 5.87. The van der Waals surface area contributed by atoms with Gasteiger partial charge in [-0.1, -0.05) is 68.5 Å². The van der Waals surface area contributed by atoms with Gasteiger partial charge in [-0.15, -0.1) is 0 Å². The highest BCUT2D eigenvalue weighted by atomic mass is 35.5. The van der Waals surface area contributed by atoms with Crippen molar-refractivity contribution in [3.63, 3.8) is 0 Å². The number of aromatic nitrogens is 1. The van der Waals surface area contributed by atoms with Crippen LogP contribution in [0.3, 0.4) is 0 Å². The molecular weight excluding hydrogens is 314 g/mol. The van der Waals surface area contributed by atoms with Gasteiger partial charge in [-0.05, 0) is 60.8 Å². The van der Waals surface area contributed by atoms with Crippen molar-refractivity contribution in [1.29, 1.82) is 0 Å². The molecule has 1 heterocycles. The lowest BCUT2D eigenvalue weighted by atomic mass is 9.77. The van der Waals surface area contributed by atoms with E-state index in [2.05, 4.69) is 36.2 Å². The van der Waals surface area contributed by atoms with Crippen molar-refractivity contribution in [2.45, 2.75) is 64.2 Å². The molecule has 24 heavy (non-hydrogen) atoms. The number of nitrogens with zero attached hydrogens (tertiary/aromatic N) is 1. The molecule has 0 atom stereocenters. The minimum absolute atomic E-state index is 0.547. The van der Waals surface area contributed by atoms with Crippen LogP contribution in [0.2, 0.25) is 5.15 Å². The van der Waals surface area contributed by atoms with Crippen LogP contribution >= 0.6 is 11.6 Å². The molecule has 1 aliphatic carbocycles. The van der Waals surface area contributed by atoms with Crippen LogP contribution in [0.25, 0.3) is 11.1 Å². The Morgan fingerprint density at radius 3 is 2.25 bits per heavy atom. The molecule has 0 aliphatic heterocycles. The molecule has 0 unspecified atom stereocenters. The summed E-state index contributed by atoms with van der Waals surface area (Å²) in [5.74, 6) is 1.73. The number of unbranched alkanes of at least 4 members (excludes halogenated alkanes) is 2. The zero-order valence-corrected chi connectivity index (χ0v) is 15.4. The van der Waals surface area contributed by atoms with Crippen molar-refractivity contribution in [2.75, 3.05) is 0 Å². The monoisotopic (exact) mass is 341 g/mol. The first kappa shape index (κ1) is 17.5. The van der Waals surface area contributed by atoms with E-state index in [1.807, 2.05) is 18.3 Å². The second-order valence-electron chi connectivity index (χ2n) is 7.21. The van der Waals surface area contributed by atoms with Crippen LogP contribution < -0.4 is 0 Å². The van der Waals surface area contributed by atoms with Crippen LogP contribution in [-0.2, 0) is 0 Å². The number of halogens is 1. The predicted molar refractivity (Wildman–Crippen MR) is 104 cm³/mol. The zero-order valence-electron chi connectivity index (χ0n) is 14.7. The Hall–Kier alpha value is -1.34. The fourth-order valence-corrected chi connectivity index (χ4v) is 4.07. The Morgan fingerprint density at radius 1 is 0.917 bits per heavy atom. The highest BCUT2D eigenvalue weighted by molar-refractivity contribution is 6.29. The summed E-state index contributed by atoms with van der Waals surface area (Å²) < 4.78 is 0. The second kappa shape index (κ2) is 8.67. The predicted octanol–water partition coefficient (Wildman–Crippen LogP) is 7.26. The van der Waals surface area contributed by atoms with E-state index in [0.29, 0.717) is 5.15 Å². The first-order valence-electron chi connectivity index (χ1n) is 9.48. The van der Waals surface area contributed by atoms with Gasteiger partial charge in [0.1, 0.15) is 5.15 Å². The first-order chi connectivity index (χ1) is 11.8. The molecule has 1 saturated carbocycles. The highest BCUT2D eigenvalue weighted by Crippen LogP contribution is 2.38. The third kappa shape index (κ3) is 4.60. The number of hydrogen-bond acceptors (Lipinski definition) is 1. The molecule has 0 spiro atoms. The molecule has 0 saturated heterocycles. The summed E-state index contributed by atoms with van der Waals surface area (Å²) in [7, 11) is 0. The maximum atomic E-state index is 5.87. The molecule has 128 valence electrons. The van der Waals surface area contributed by atoms with Crippen molar-refractivity contribution in [2.24, 2.45) is 5.92 Å². The average molecular weight is 342 g/mol. The van der Waals surface area contributed by atoms with Crippen molar-refractivity contribution in [1.82, 2.24) is 4.98 Å². The molecule has 2 aromatic rings. The van der Waals surface area contributed by atoms with E-state index in [1.165, 1.54) is 62.5 Å². The van der Waals surface area contributed by atoms with Gasteiger partial charge < -0.3 is 0 Å². The molecule has 0 N–H and O–H groups in total. The van der Waals surface area contributed by atoms with Crippen molar-refractivity contribution < 1.29 is 0 Å². The smallest absolute Gasteiger partial charge is 0.129 e. The second-order valence-corrected chi connectivity index (χ2v) is 7.59. The maximum absolute atomic E-state index is 5.87. The zero-order chi connectivity index (χ0) is 16.8. The van der Waals surface area contributed by atoms with E-state index < -0.39 is 0 Å². The summed E-state index contributed by atoms with van der Waals surface area (Å²) in [6.07, 6.45) is 13.0. The summed E-state index contributed by atoms with van der Waals surface area (Å²) in [6.45, 7) is 2.29. The van der Waals surface area contributed by atoms with Gasteiger partial charge in [0.25, 0.3) is 0 Å². The van der Waals surface area contributed by atoms with Crippen molar-refractivity contribution in [3.05, 3.63) is 53.3 Å². The van der Waals surface area contributed by atoms with Crippen molar-refractivity contribution >= 4 is 11.6 Å². The van der Waals surface area contributed by atoms with E-state index in [9.17, 15) is 0 Å². The molecule has 2 heteroatoms. The van der Waals surface area contributed by atoms with Gasteiger partial charge in [0, 0.05) is 11.8 Å². The molecule has 1 fully saturated rings. The molecule has 0 radical (unpaired) electrons. The van der Waals surface area contributed by atoms with E-state index in [0.717, 1.165) is 17.4 Å². The molecule has 1 nitrogen and oxygen atoms in total. The Bertz CT molecular complexity index is 609. The number of hydrogen-bond donors (Lipinski definition) is 0. The SMILES string of the molecule is CCCCC[C@H]1CC[C@H](c2ccc(-c3ccc(Cl)nc3)cc2)CC1. The van der Waals surface area contributed by atoms with Crippen LogP contribution in [0, 0.1) is 5.92 Å². The van der Waals surface area contributed by atoms with Crippen LogP contribution in [0.1, 0.15) is 69.8 Å². The number of rotatable bonds is 6. The fraction of sp³-hybridized carbons (Fsp3) is 0.500. The summed E-state index contributed by atoms with van der Waals surface area (Å²) in [5, 5.41) is 0.547. The molecule has 3 rings (SSSR count). The lowest BCUT2D eigenvalue weighted by Gasteiger charge is -2.29. The van der Waals surface area contributed by atoms with E-state index >= 15 is 0 Å². The van der Waals surface area contributed by atoms with Crippen LogP contribution in [0.5, 0.6) is 0 Å². The van der Waals surface area contributed by atoms with Gasteiger partial charge in [-0.3, -0.25) is 0 Å². The molecule has 1 aromatic heterocycles. The van der Waals surface area contributed by atoms with Crippen molar-refractivity contribution in [3.8, 4) is 11.1 Å². The summed E-state index contributed by atoms with van der Waals surface area (Å²) in [6, 6.07) is 13.0. The Morgan fingerprint density at radius 2 is 1.62 bits per heavy atom. The van der Waals surface area contributed by atoms with Gasteiger partial charge in [0.15, 0.2) is 0 Å². The van der Waals surface area contributed by atoms with E-state index in [-0.39, 0.29) is 0 Å². The molecule has 0 amide bonds. The maximum Gasteiger partial charge on any atom is 0.129 e. The van der Waals surface area contributed by atoms with Gasteiger partial charge in [0.2, 0.25) is 0 Å². The third-order valence-corrected chi connectivity index (χ3v) is 5.73.